The molecule has 18 heavy (non-hydrogen) atoms. The van der Waals surface area contributed by atoms with Crippen LogP contribution in [0.1, 0.15) is 31.5 Å². The van der Waals surface area contributed by atoms with Crippen molar-refractivity contribution in [3.63, 3.8) is 0 Å². The molecule has 1 fully saturated rings. The van der Waals surface area contributed by atoms with Crippen LogP contribution in [0.5, 0.6) is 0 Å². The van der Waals surface area contributed by atoms with Gasteiger partial charge in [0, 0.05) is 25.6 Å². The molecule has 0 aromatic carbocycles. The summed E-state index contributed by atoms with van der Waals surface area (Å²) in [6.07, 6.45) is 2.24. The van der Waals surface area contributed by atoms with Gasteiger partial charge in [0.05, 0.1) is 6.54 Å². The zero-order valence-corrected chi connectivity index (χ0v) is 11.4. The van der Waals surface area contributed by atoms with Crippen LogP contribution in [0, 0.1) is 0 Å². The SMILES string of the molecule is CCN(C)C(=O)CNc1cc(Cl)nc(C2CC2)n1. The van der Waals surface area contributed by atoms with Gasteiger partial charge < -0.3 is 10.2 Å². The molecule has 0 unspecified atom stereocenters. The highest BCUT2D eigenvalue weighted by Crippen LogP contribution is 2.38. The molecule has 1 N–H and O–H groups in total. The first-order valence-corrected chi connectivity index (χ1v) is 6.50. The average Bonchev–Trinajstić information content (AvgIpc) is 3.18. The fourth-order valence-electron chi connectivity index (χ4n) is 1.53. The van der Waals surface area contributed by atoms with Crippen molar-refractivity contribution in [2.45, 2.75) is 25.7 Å². The number of aromatic nitrogens is 2. The van der Waals surface area contributed by atoms with Crippen molar-refractivity contribution in [1.82, 2.24) is 14.9 Å². The number of hydrogen-bond acceptors (Lipinski definition) is 4. The Morgan fingerprint density at radius 1 is 1.56 bits per heavy atom. The number of likely N-dealkylation sites (N-methyl/N-ethyl adjacent to an activating group) is 1. The van der Waals surface area contributed by atoms with Crippen LogP contribution in [-0.4, -0.2) is 40.9 Å². The maximum atomic E-state index is 11.7. The van der Waals surface area contributed by atoms with Gasteiger partial charge in [0.1, 0.15) is 16.8 Å². The van der Waals surface area contributed by atoms with E-state index in [9.17, 15) is 4.79 Å². The summed E-state index contributed by atoms with van der Waals surface area (Å²) in [6, 6.07) is 1.65. The van der Waals surface area contributed by atoms with Crippen molar-refractivity contribution in [2.75, 3.05) is 25.5 Å². The van der Waals surface area contributed by atoms with Gasteiger partial charge in [-0.1, -0.05) is 11.6 Å². The van der Waals surface area contributed by atoms with E-state index in [1.807, 2.05) is 6.92 Å². The summed E-state index contributed by atoms with van der Waals surface area (Å²) in [7, 11) is 1.77. The van der Waals surface area contributed by atoms with Crippen LogP contribution >= 0.6 is 11.6 Å². The van der Waals surface area contributed by atoms with E-state index >= 15 is 0 Å². The van der Waals surface area contributed by atoms with Crippen LogP contribution < -0.4 is 5.32 Å². The Kier molecular flexibility index (Phi) is 4.01. The number of hydrogen-bond donors (Lipinski definition) is 1. The summed E-state index contributed by atoms with van der Waals surface area (Å²) >= 11 is 5.94. The minimum Gasteiger partial charge on any atom is -0.361 e. The van der Waals surface area contributed by atoms with Gasteiger partial charge in [-0.3, -0.25) is 4.79 Å². The second-order valence-corrected chi connectivity index (χ2v) is 4.86. The van der Waals surface area contributed by atoms with E-state index in [4.69, 9.17) is 11.6 Å². The highest BCUT2D eigenvalue weighted by Gasteiger charge is 2.27. The van der Waals surface area contributed by atoms with Crippen molar-refractivity contribution in [3.05, 3.63) is 17.0 Å². The van der Waals surface area contributed by atoms with Crippen LogP contribution in [0.15, 0.2) is 6.07 Å². The first-order chi connectivity index (χ1) is 8.60. The lowest BCUT2D eigenvalue weighted by atomic mass is 10.4. The summed E-state index contributed by atoms with van der Waals surface area (Å²) in [5, 5.41) is 3.42. The maximum Gasteiger partial charge on any atom is 0.241 e. The number of amides is 1. The number of carbonyl (C=O) groups is 1. The van der Waals surface area contributed by atoms with E-state index in [2.05, 4.69) is 15.3 Å². The van der Waals surface area contributed by atoms with E-state index in [-0.39, 0.29) is 12.5 Å². The molecule has 0 saturated heterocycles. The molecular weight excluding hydrogens is 252 g/mol. The number of rotatable bonds is 5. The van der Waals surface area contributed by atoms with Crippen molar-refractivity contribution >= 4 is 23.3 Å². The molecular formula is C12H17ClN4O. The lowest BCUT2D eigenvalue weighted by Gasteiger charge is -2.15. The van der Waals surface area contributed by atoms with Gasteiger partial charge >= 0.3 is 0 Å². The summed E-state index contributed by atoms with van der Waals surface area (Å²) in [5.74, 6) is 1.87. The first kappa shape index (κ1) is 13.1. The van der Waals surface area contributed by atoms with E-state index in [0.29, 0.717) is 23.4 Å². The van der Waals surface area contributed by atoms with Gasteiger partial charge in [0.15, 0.2) is 0 Å². The summed E-state index contributed by atoms with van der Waals surface area (Å²) in [5.41, 5.74) is 0. The molecule has 0 bridgehead atoms. The molecule has 98 valence electrons. The Morgan fingerprint density at radius 3 is 2.89 bits per heavy atom. The van der Waals surface area contributed by atoms with Gasteiger partial charge in [0.2, 0.25) is 5.91 Å². The predicted octanol–water partition coefficient (Wildman–Crippen LogP) is 1.90. The predicted molar refractivity (Wildman–Crippen MR) is 70.8 cm³/mol. The van der Waals surface area contributed by atoms with Crippen LogP contribution in [0.3, 0.4) is 0 Å². The average molecular weight is 269 g/mol. The van der Waals surface area contributed by atoms with Crippen molar-refractivity contribution in [3.8, 4) is 0 Å². The number of halogens is 1. The molecule has 0 aliphatic heterocycles. The standard InChI is InChI=1S/C12H17ClN4O/c1-3-17(2)11(18)7-14-10-6-9(13)15-12(16-10)8-4-5-8/h6,8H,3-5,7H2,1-2H3,(H,14,15,16). The number of anilines is 1. The van der Waals surface area contributed by atoms with Crippen LogP contribution in [0.4, 0.5) is 5.82 Å². The number of nitrogens with one attached hydrogen (secondary N) is 1. The molecule has 1 saturated carbocycles. The molecule has 1 amide bonds. The summed E-state index contributed by atoms with van der Waals surface area (Å²) in [6.45, 7) is 2.85. The minimum atomic E-state index is 0.0280. The third-order valence-corrected chi connectivity index (χ3v) is 3.17. The fraction of sp³-hybridized carbons (Fsp3) is 0.583. The van der Waals surface area contributed by atoms with E-state index < -0.39 is 0 Å². The Morgan fingerprint density at radius 2 is 2.28 bits per heavy atom. The lowest BCUT2D eigenvalue weighted by molar-refractivity contribution is -0.127. The van der Waals surface area contributed by atoms with Gasteiger partial charge in [-0.05, 0) is 19.8 Å². The third-order valence-electron chi connectivity index (χ3n) is 2.98. The zero-order valence-electron chi connectivity index (χ0n) is 10.6. The quantitative estimate of drug-likeness (QED) is 0.829. The Balaban J connectivity index is 1.98. The molecule has 0 radical (unpaired) electrons. The van der Waals surface area contributed by atoms with E-state index in [1.54, 1.807) is 18.0 Å². The molecule has 1 aliphatic carbocycles. The third kappa shape index (κ3) is 3.32. The van der Waals surface area contributed by atoms with Crippen LogP contribution in [-0.2, 0) is 4.79 Å². The second kappa shape index (κ2) is 5.52. The van der Waals surface area contributed by atoms with E-state index in [1.165, 1.54) is 0 Å². The Labute approximate surface area is 112 Å². The zero-order chi connectivity index (χ0) is 13.1. The highest BCUT2D eigenvalue weighted by atomic mass is 35.5. The topological polar surface area (TPSA) is 58.1 Å². The van der Waals surface area contributed by atoms with Crippen LogP contribution in [0.25, 0.3) is 0 Å². The van der Waals surface area contributed by atoms with Crippen molar-refractivity contribution < 1.29 is 4.79 Å². The normalized spacial score (nSPS) is 14.4. The number of carbonyl (C=O) groups excluding carboxylic acids is 1. The van der Waals surface area contributed by atoms with Crippen LogP contribution in [0.2, 0.25) is 5.15 Å². The van der Waals surface area contributed by atoms with Gasteiger partial charge in [-0.2, -0.15) is 0 Å². The van der Waals surface area contributed by atoms with Crippen molar-refractivity contribution in [1.29, 1.82) is 0 Å². The molecule has 2 rings (SSSR count). The summed E-state index contributed by atoms with van der Waals surface area (Å²) in [4.78, 5) is 21.9. The molecule has 1 aromatic rings. The second-order valence-electron chi connectivity index (χ2n) is 4.47. The molecule has 6 heteroatoms. The van der Waals surface area contributed by atoms with Crippen molar-refractivity contribution in [2.24, 2.45) is 0 Å². The molecule has 1 aliphatic rings. The highest BCUT2D eigenvalue weighted by molar-refractivity contribution is 6.29. The molecule has 0 atom stereocenters. The molecule has 1 heterocycles. The molecule has 1 aromatic heterocycles. The monoisotopic (exact) mass is 268 g/mol. The molecule has 5 nitrogen and oxygen atoms in total. The largest absolute Gasteiger partial charge is 0.361 e. The number of nitrogens with zero attached hydrogens (tertiary/aromatic N) is 3. The minimum absolute atomic E-state index is 0.0280. The van der Waals surface area contributed by atoms with Gasteiger partial charge in [0.25, 0.3) is 0 Å². The van der Waals surface area contributed by atoms with Gasteiger partial charge in [-0.25, -0.2) is 9.97 Å². The lowest BCUT2D eigenvalue weighted by Crippen LogP contribution is -2.32. The van der Waals surface area contributed by atoms with Gasteiger partial charge in [-0.15, -0.1) is 0 Å². The first-order valence-electron chi connectivity index (χ1n) is 6.12. The Hall–Kier alpha value is -1.36. The maximum absolute atomic E-state index is 11.7. The van der Waals surface area contributed by atoms with E-state index in [0.717, 1.165) is 18.7 Å². The smallest absolute Gasteiger partial charge is 0.241 e. The fourth-order valence-corrected chi connectivity index (χ4v) is 1.72. The Bertz CT molecular complexity index is 448. The summed E-state index contributed by atoms with van der Waals surface area (Å²) < 4.78 is 0. The molecule has 0 spiro atoms.